The van der Waals surface area contributed by atoms with Gasteiger partial charge in [-0.15, -0.1) is 0 Å². The first-order chi connectivity index (χ1) is 14.8. The highest BCUT2D eigenvalue weighted by atomic mass is 16.5. The minimum atomic E-state index is -0.169. The standard InChI is InChI=1S/C26H39NO4/c1-5-6-7-11-21-18-23(28)22(13-12-20(4)10-8-9-19(2)3)25(29)24(21)26(30)27-14-16-31-17-15-27/h9,12,18,28-29H,5-8,10-11,13-17H2,1-4H3/b20-12+. The fourth-order valence-corrected chi connectivity index (χ4v) is 3.84. The number of nitrogens with zero attached hydrogens (tertiary/aromatic N) is 1. The Kier molecular flexibility index (Phi) is 10.1. The number of ether oxygens (including phenoxy) is 1. The average Bonchev–Trinajstić information content (AvgIpc) is 2.73. The second kappa shape index (κ2) is 12.6. The third-order valence-electron chi connectivity index (χ3n) is 5.77. The van der Waals surface area contributed by atoms with Crippen LogP contribution < -0.4 is 0 Å². The largest absolute Gasteiger partial charge is 0.508 e. The van der Waals surface area contributed by atoms with E-state index in [0.29, 0.717) is 50.3 Å². The molecule has 1 heterocycles. The molecule has 172 valence electrons. The van der Waals surface area contributed by atoms with E-state index in [2.05, 4.69) is 33.8 Å². The predicted molar refractivity (Wildman–Crippen MR) is 126 cm³/mol. The molecule has 1 aromatic carbocycles. The molecule has 2 N–H and O–H groups in total. The first-order valence-electron chi connectivity index (χ1n) is 11.6. The molecule has 0 aromatic heterocycles. The van der Waals surface area contributed by atoms with Gasteiger partial charge in [0, 0.05) is 18.7 Å². The monoisotopic (exact) mass is 429 g/mol. The van der Waals surface area contributed by atoms with E-state index in [0.717, 1.165) is 37.7 Å². The second-order valence-electron chi connectivity index (χ2n) is 8.69. The highest BCUT2D eigenvalue weighted by Crippen LogP contribution is 2.36. The first kappa shape index (κ1) is 25.0. The van der Waals surface area contributed by atoms with E-state index in [1.807, 2.05) is 6.08 Å². The van der Waals surface area contributed by atoms with Gasteiger partial charge in [-0.2, -0.15) is 0 Å². The number of aromatic hydroxyl groups is 2. The molecule has 1 aliphatic heterocycles. The third-order valence-corrected chi connectivity index (χ3v) is 5.77. The first-order valence-corrected chi connectivity index (χ1v) is 11.6. The smallest absolute Gasteiger partial charge is 0.258 e. The quantitative estimate of drug-likeness (QED) is 0.378. The van der Waals surface area contributed by atoms with Crippen molar-refractivity contribution in [2.24, 2.45) is 0 Å². The average molecular weight is 430 g/mol. The van der Waals surface area contributed by atoms with Crippen molar-refractivity contribution in [3.05, 3.63) is 46.1 Å². The summed E-state index contributed by atoms with van der Waals surface area (Å²) in [5, 5.41) is 21.8. The van der Waals surface area contributed by atoms with Crippen LogP contribution in [-0.2, 0) is 17.6 Å². The molecule has 1 aliphatic rings. The molecule has 0 unspecified atom stereocenters. The molecule has 1 aromatic rings. The summed E-state index contributed by atoms with van der Waals surface area (Å²) in [6.45, 7) is 10.4. The number of carbonyl (C=O) groups excluding carboxylic acids is 1. The van der Waals surface area contributed by atoms with Gasteiger partial charge in [-0.3, -0.25) is 4.79 Å². The van der Waals surface area contributed by atoms with Gasteiger partial charge in [0.2, 0.25) is 0 Å². The summed E-state index contributed by atoms with van der Waals surface area (Å²) in [5.74, 6) is -0.176. The normalized spacial score (nSPS) is 14.6. The lowest BCUT2D eigenvalue weighted by molar-refractivity contribution is 0.0300. The molecule has 1 saturated heterocycles. The molecule has 0 atom stereocenters. The number of phenols is 2. The molecular weight excluding hydrogens is 390 g/mol. The van der Waals surface area contributed by atoms with Crippen molar-refractivity contribution in [2.75, 3.05) is 26.3 Å². The molecule has 2 rings (SSSR count). The number of unbranched alkanes of at least 4 members (excludes halogenated alkanes) is 2. The summed E-state index contributed by atoms with van der Waals surface area (Å²) in [7, 11) is 0. The van der Waals surface area contributed by atoms with Crippen LogP contribution in [0.4, 0.5) is 0 Å². The van der Waals surface area contributed by atoms with Crippen molar-refractivity contribution in [3.8, 4) is 11.5 Å². The van der Waals surface area contributed by atoms with Gasteiger partial charge in [-0.05, 0) is 64.5 Å². The fourth-order valence-electron chi connectivity index (χ4n) is 3.84. The van der Waals surface area contributed by atoms with Crippen molar-refractivity contribution in [2.45, 2.75) is 72.6 Å². The van der Waals surface area contributed by atoms with Crippen molar-refractivity contribution in [3.63, 3.8) is 0 Å². The number of aryl methyl sites for hydroxylation is 1. The van der Waals surface area contributed by atoms with Crippen molar-refractivity contribution >= 4 is 5.91 Å². The Morgan fingerprint density at radius 2 is 1.84 bits per heavy atom. The van der Waals surface area contributed by atoms with Gasteiger partial charge >= 0.3 is 0 Å². The number of rotatable bonds is 10. The van der Waals surface area contributed by atoms with Gasteiger partial charge in [0.1, 0.15) is 11.5 Å². The van der Waals surface area contributed by atoms with Crippen molar-refractivity contribution < 1.29 is 19.7 Å². The van der Waals surface area contributed by atoms with Crippen LogP contribution in [0.15, 0.2) is 29.4 Å². The Labute approximate surface area is 187 Å². The summed E-state index contributed by atoms with van der Waals surface area (Å²) >= 11 is 0. The van der Waals surface area contributed by atoms with E-state index in [9.17, 15) is 15.0 Å². The van der Waals surface area contributed by atoms with E-state index < -0.39 is 0 Å². The maximum Gasteiger partial charge on any atom is 0.258 e. The molecule has 0 spiro atoms. The van der Waals surface area contributed by atoms with Crippen LogP contribution >= 0.6 is 0 Å². The van der Waals surface area contributed by atoms with E-state index in [-0.39, 0.29) is 17.4 Å². The van der Waals surface area contributed by atoms with Gasteiger partial charge in [-0.1, -0.05) is 43.1 Å². The predicted octanol–water partition coefficient (Wildman–Crippen LogP) is 5.54. The van der Waals surface area contributed by atoms with Gasteiger partial charge in [0.25, 0.3) is 5.91 Å². The van der Waals surface area contributed by atoms with Crippen LogP contribution in [0.3, 0.4) is 0 Å². The topological polar surface area (TPSA) is 70.0 Å². The number of morpholine rings is 1. The van der Waals surface area contributed by atoms with E-state index >= 15 is 0 Å². The summed E-state index contributed by atoms with van der Waals surface area (Å²) in [6, 6.07) is 1.69. The SMILES string of the molecule is CCCCCc1cc(O)c(C/C=C(\C)CCC=C(C)C)c(O)c1C(=O)N1CCOCC1. The number of benzene rings is 1. The number of amides is 1. The van der Waals surface area contributed by atoms with Crippen LogP contribution in [0.1, 0.15) is 81.3 Å². The van der Waals surface area contributed by atoms with Gasteiger partial charge in [0.05, 0.1) is 18.8 Å². The number of hydrogen-bond donors (Lipinski definition) is 2. The van der Waals surface area contributed by atoms with Gasteiger partial charge in [0.15, 0.2) is 0 Å². The third kappa shape index (κ3) is 7.42. The summed E-state index contributed by atoms with van der Waals surface area (Å²) < 4.78 is 5.37. The minimum Gasteiger partial charge on any atom is -0.508 e. The van der Waals surface area contributed by atoms with Crippen molar-refractivity contribution in [1.82, 2.24) is 4.90 Å². The molecule has 31 heavy (non-hydrogen) atoms. The second-order valence-corrected chi connectivity index (χ2v) is 8.69. The number of carbonyl (C=O) groups is 1. The fraction of sp³-hybridized carbons (Fsp3) is 0.577. The van der Waals surface area contributed by atoms with Gasteiger partial charge < -0.3 is 19.8 Å². The van der Waals surface area contributed by atoms with E-state index in [1.54, 1.807) is 11.0 Å². The zero-order valence-corrected chi connectivity index (χ0v) is 19.7. The van der Waals surface area contributed by atoms with Crippen LogP contribution in [0.25, 0.3) is 0 Å². The Balaban J connectivity index is 2.31. The minimum absolute atomic E-state index is 0.0656. The molecule has 1 amide bonds. The summed E-state index contributed by atoms with van der Waals surface area (Å²) in [5.41, 5.74) is 4.00. The highest BCUT2D eigenvalue weighted by molar-refractivity contribution is 5.99. The van der Waals surface area contributed by atoms with Crippen molar-refractivity contribution in [1.29, 1.82) is 0 Å². The maximum atomic E-state index is 13.3. The molecular formula is C26H39NO4. The Morgan fingerprint density at radius 3 is 2.48 bits per heavy atom. The van der Waals surface area contributed by atoms with Crippen LogP contribution in [0, 0.1) is 0 Å². The zero-order chi connectivity index (χ0) is 22.8. The molecule has 0 bridgehead atoms. The number of hydrogen-bond acceptors (Lipinski definition) is 4. The maximum absolute atomic E-state index is 13.3. The van der Waals surface area contributed by atoms with Crippen LogP contribution in [0.2, 0.25) is 0 Å². The Hall–Kier alpha value is -2.27. The van der Waals surface area contributed by atoms with E-state index in [1.165, 1.54) is 11.1 Å². The molecule has 5 heteroatoms. The summed E-state index contributed by atoms with van der Waals surface area (Å²) in [6.07, 6.45) is 10.2. The Bertz CT molecular complexity index is 800. The molecule has 0 saturated carbocycles. The van der Waals surface area contributed by atoms with Crippen LogP contribution in [0.5, 0.6) is 11.5 Å². The molecule has 0 radical (unpaired) electrons. The summed E-state index contributed by atoms with van der Waals surface area (Å²) in [4.78, 5) is 15.0. The number of allylic oxidation sites excluding steroid dienone is 4. The molecule has 1 fully saturated rings. The lowest BCUT2D eigenvalue weighted by atomic mass is 9.94. The van der Waals surface area contributed by atoms with Gasteiger partial charge in [-0.25, -0.2) is 0 Å². The Morgan fingerprint density at radius 1 is 1.13 bits per heavy atom. The molecule has 5 nitrogen and oxygen atoms in total. The lowest BCUT2D eigenvalue weighted by Gasteiger charge is -2.28. The van der Waals surface area contributed by atoms with E-state index in [4.69, 9.17) is 4.74 Å². The zero-order valence-electron chi connectivity index (χ0n) is 19.7. The van der Waals surface area contributed by atoms with Crippen LogP contribution in [-0.4, -0.2) is 47.3 Å². The lowest BCUT2D eigenvalue weighted by Crippen LogP contribution is -2.41. The number of phenolic OH excluding ortho intramolecular Hbond substituents is 2. The highest BCUT2D eigenvalue weighted by Gasteiger charge is 2.27. The molecule has 0 aliphatic carbocycles.